The van der Waals surface area contributed by atoms with Crippen molar-refractivity contribution in [2.45, 2.75) is 56.4 Å². The monoisotopic (exact) mass is 351 g/mol. The van der Waals surface area contributed by atoms with Crippen LogP contribution in [-0.2, 0) is 21.4 Å². The number of likely N-dealkylation sites (tertiary alicyclic amines) is 1. The molecule has 1 saturated heterocycles. The van der Waals surface area contributed by atoms with Gasteiger partial charge in [0.2, 0.25) is 0 Å². The van der Waals surface area contributed by atoms with E-state index in [1.165, 1.54) is 24.0 Å². The Morgan fingerprint density at radius 3 is 2.81 bits per heavy atom. The Hall–Kier alpha value is -1.68. The van der Waals surface area contributed by atoms with E-state index < -0.39 is 0 Å². The van der Waals surface area contributed by atoms with Gasteiger partial charge in [0.25, 0.3) is 0 Å². The molecule has 1 aromatic rings. The normalized spacial score (nSPS) is 41.1. The van der Waals surface area contributed by atoms with E-state index in [9.17, 15) is 14.7 Å². The van der Waals surface area contributed by atoms with Gasteiger partial charge in [-0.2, -0.15) is 0 Å². The van der Waals surface area contributed by atoms with Gasteiger partial charge < -0.3 is 5.11 Å². The number of carbonyl (C=O) groups excluding carboxylic acids is 2. The van der Waals surface area contributed by atoms with E-state index in [-0.39, 0.29) is 34.4 Å². The van der Waals surface area contributed by atoms with Crippen LogP contribution in [0.2, 0.25) is 0 Å². The number of aromatic hydroxyl groups is 1. The molecular weight excluding hydrogens is 326 g/mol. The van der Waals surface area contributed by atoms with Crippen molar-refractivity contribution < 1.29 is 14.7 Å². The van der Waals surface area contributed by atoms with Crippen molar-refractivity contribution in [2.75, 3.05) is 13.1 Å². The molecule has 1 heterocycles. The first kappa shape index (κ1) is 15.4. The van der Waals surface area contributed by atoms with Crippen LogP contribution in [0.4, 0.5) is 0 Å². The van der Waals surface area contributed by atoms with E-state index in [4.69, 9.17) is 0 Å². The van der Waals surface area contributed by atoms with Gasteiger partial charge in [0.05, 0.1) is 5.92 Å². The van der Waals surface area contributed by atoms with Crippen LogP contribution in [0.25, 0.3) is 0 Å². The molecule has 2 bridgehead atoms. The highest BCUT2D eigenvalue weighted by Gasteiger charge is 2.70. The Balaban J connectivity index is 1.53. The maximum absolute atomic E-state index is 12.9. The first-order valence-electron chi connectivity index (χ1n) is 10.1. The number of hydrogen-bond acceptors (Lipinski definition) is 4. The maximum Gasteiger partial charge on any atom is 0.144 e. The number of piperidine rings is 1. The second kappa shape index (κ2) is 4.78. The summed E-state index contributed by atoms with van der Waals surface area (Å²) in [5.74, 6) is 1.07. The maximum atomic E-state index is 12.9. The summed E-state index contributed by atoms with van der Waals surface area (Å²) in [5, 5.41) is 10.1. The number of benzene rings is 1. The molecule has 5 aliphatic rings. The molecule has 4 nitrogen and oxygen atoms in total. The highest BCUT2D eigenvalue weighted by Crippen LogP contribution is 2.68. The number of phenolic OH excluding ortho intramolecular Hbond substituents is 1. The number of nitrogens with zero attached hydrogens (tertiary/aromatic N) is 1. The zero-order valence-electron chi connectivity index (χ0n) is 15.0. The molecular formula is C22H25NO3. The molecule has 4 fully saturated rings. The number of rotatable bonds is 2. The molecule has 1 N–H and O–H groups in total. The third kappa shape index (κ3) is 1.74. The van der Waals surface area contributed by atoms with Crippen LogP contribution in [0, 0.1) is 17.3 Å². The van der Waals surface area contributed by atoms with Gasteiger partial charge in [-0.1, -0.05) is 6.07 Å². The zero-order valence-corrected chi connectivity index (χ0v) is 15.0. The smallest absolute Gasteiger partial charge is 0.144 e. The number of Topliss-reactive ketones (excluding diaryl/α,β-unsaturated/α-hetero) is 2. The summed E-state index contributed by atoms with van der Waals surface area (Å²) in [6.45, 7) is 2.10. The van der Waals surface area contributed by atoms with Crippen molar-refractivity contribution in [1.82, 2.24) is 4.90 Å². The molecule has 0 amide bonds. The average Bonchev–Trinajstić information content (AvgIpc) is 3.38. The van der Waals surface area contributed by atoms with Crippen LogP contribution >= 0.6 is 0 Å². The van der Waals surface area contributed by atoms with Gasteiger partial charge in [0, 0.05) is 36.3 Å². The standard InChI is InChI=1S/C22H25NO3/c24-15-4-3-14-9-22-10-16-18(25)8-20(22)23(12-13-1-2-13)6-5-21(22,11-19(16)26)17(14)7-15/h3-4,7,13,16,20,24H,1-2,5-6,8-12H2/t16-,20-,21-,22-/m1/s1. The molecule has 0 aromatic heterocycles. The van der Waals surface area contributed by atoms with Crippen molar-refractivity contribution in [3.8, 4) is 5.75 Å². The van der Waals surface area contributed by atoms with Crippen molar-refractivity contribution in [1.29, 1.82) is 0 Å². The number of hydrogen-bond donors (Lipinski definition) is 1. The van der Waals surface area contributed by atoms with Gasteiger partial charge in [-0.05, 0) is 67.8 Å². The van der Waals surface area contributed by atoms with Gasteiger partial charge in [0.1, 0.15) is 17.3 Å². The molecule has 136 valence electrons. The van der Waals surface area contributed by atoms with Gasteiger partial charge in [-0.3, -0.25) is 14.5 Å². The lowest BCUT2D eigenvalue weighted by molar-refractivity contribution is -0.162. The Morgan fingerprint density at radius 1 is 1.15 bits per heavy atom. The van der Waals surface area contributed by atoms with E-state index in [2.05, 4.69) is 11.0 Å². The lowest BCUT2D eigenvalue weighted by atomic mass is 9.44. The van der Waals surface area contributed by atoms with E-state index in [0.717, 1.165) is 38.3 Å². The summed E-state index contributed by atoms with van der Waals surface area (Å²) in [6, 6.07) is 6.02. The van der Waals surface area contributed by atoms with Crippen molar-refractivity contribution in [3.63, 3.8) is 0 Å². The summed E-state index contributed by atoms with van der Waals surface area (Å²) in [7, 11) is 0. The largest absolute Gasteiger partial charge is 0.508 e. The van der Waals surface area contributed by atoms with Crippen molar-refractivity contribution >= 4 is 11.6 Å². The Labute approximate surface area is 153 Å². The van der Waals surface area contributed by atoms with Crippen LogP contribution in [-0.4, -0.2) is 40.7 Å². The molecule has 4 atom stereocenters. The van der Waals surface area contributed by atoms with E-state index >= 15 is 0 Å². The van der Waals surface area contributed by atoms with Gasteiger partial charge >= 0.3 is 0 Å². The molecule has 6 rings (SSSR count). The summed E-state index contributed by atoms with van der Waals surface area (Å²) in [5.41, 5.74) is 2.33. The highest BCUT2D eigenvalue weighted by atomic mass is 16.3. The van der Waals surface area contributed by atoms with Crippen LogP contribution in [0.1, 0.15) is 49.7 Å². The van der Waals surface area contributed by atoms with Crippen LogP contribution in [0.15, 0.2) is 18.2 Å². The first-order chi connectivity index (χ1) is 12.5. The second-order valence-electron chi connectivity index (χ2n) is 9.53. The minimum absolute atomic E-state index is 0.00273. The molecule has 4 heteroatoms. The van der Waals surface area contributed by atoms with Gasteiger partial charge in [-0.15, -0.1) is 0 Å². The predicted molar refractivity (Wildman–Crippen MR) is 96.0 cm³/mol. The summed E-state index contributed by atoms with van der Waals surface area (Å²) in [4.78, 5) is 28.3. The minimum Gasteiger partial charge on any atom is -0.508 e. The topological polar surface area (TPSA) is 57.6 Å². The molecule has 1 spiro atoms. The fraction of sp³-hybridized carbons (Fsp3) is 0.636. The molecule has 1 aliphatic heterocycles. The van der Waals surface area contributed by atoms with Crippen LogP contribution < -0.4 is 0 Å². The lowest BCUT2D eigenvalue weighted by Crippen LogP contribution is -2.69. The summed E-state index contributed by atoms with van der Waals surface area (Å²) < 4.78 is 0. The summed E-state index contributed by atoms with van der Waals surface area (Å²) in [6.07, 6.45) is 6.37. The molecule has 0 unspecified atom stereocenters. The highest BCUT2D eigenvalue weighted by molar-refractivity contribution is 6.05. The molecule has 1 aromatic carbocycles. The fourth-order valence-corrected chi connectivity index (χ4v) is 7.06. The van der Waals surface area contributed by atoms with Crippen LogP contribution in [0.5, 0.6) is 5.75 Å². The molecule has 26 heavy (non-hydrogen) atoms. The quantitative estimate of drug-likeness (QED) is 0.832. The third-order valence-electron chi connectivity index (χ3n) is 8.38. The first-order valence-corrected chi connectivity index (χ1v) is 10.1. The SMILES string of the molecule is O=C1C[C@H]2N(CC3CC3)CC[C@]34CC(=O)[C@@H]1C[C@]23Cc1ccc(O)cc14. The molecule has 4 aliphatic carbocycles. The van der Waals surface area contributed by atoms with E-state index in [1.807, 2.05) is 6.07 Å². The van der Waals surface area contributed by atoms with Crippen molar-refractivity contribution in [2.24, 2.45) is 17.3 Å². The third-order valence-corrected chi connectivity index (χ3v) is 8.38. The van der Waals surface area contributed by atoms with Crippen LogP contribution in [0.3, 0.4) is 0 Å². The van der Waals surface area contributed by atoms with Crippen molar-refractivity contribution in [3.05, 3.63) is 29.3 Å². The number of phenols is 1. The zero-order chi connectivity index (χ0) is 17.7. The number of carbonyl (C=O) groups is 2. The molecule has 3 saturated carbocycles. The predicted octanol–water partition coefficient (Wildman–Crippen LogP) is 2.61. The minimum atomic E-state index is -0.372. The Morgan fingerprint density at radius 2 is 2.00 bits per heavy atom. The summed E-state index contributed by atoms with van der Waals surface area (Å²) >= 11 is 0. The van der Waals surface area contributed by atoms with E-state index in [0.29, 0.717) is 18.6 Å². The lowest BCUT2D eigenvalue weighted by Gasteiger charge is -2.63. The fourth-order valence-electron chi connectivity index (χ4n) is 7.06. The molecule has 0 radical (unpaired) electrons. The average molecular weight is 351 g/mol. The Kier molecular flexibility index (Phi) is 2.83. The van der Waals surface area contributed by atoms with E-state index in [1.54, 1.807) is 6.07 Å². The van der Waals surface area contributed by atoms with Gasteiger partial charge in [0.15, 0.2) is 0 Å². The van der Waals surface area contributed by atoms with Gasteiger partial charge in [-0.25, -0.2) is 0 Å². The number of fused-ring (bicyclic) bond motifs is 2. The Bertz CT molecular complexity index is 844. The second-order valence-corrected chi connectivity index (χ2v) is 9.53. The number of ketones is 2.